The maximum atomic E-state index is 13.4. The van der Waals surface area contributed by atoms with E-state index < -0.39 is 5.82 Å². The van der Waals surface area contributed by atoms with Crippen molar-refractivity contribution in [3.05, 3.63) is 47.0 Å². The van der Waals surface area contributed by atoms with Gasteiger partial charge >= 0.3 is 0 Å². The van der Waals surface area contributed by atoms with Crippen molar-refractivity contribution < 1.29 is 9.18 Å². The number of amides is 1. The third-order valence-corrected chi connectivity index (χ3v) is 5.69. The van der Waals surface area contributed by atoms with Gasteiger partial charge in [0.2, 0.25) is 5.95 Å². The third-order valence-electron chi connectivity index (χ3n) is 4.78. The zero-order valence-corrected chi connectivity index (χ0v) is 17.7. The van der Waals surface area contributed by atoms with Crippen LogP contribution in [-0.4, -0.2) is 26.9 Å². The predicted octanol–water partition coefficient (Wildman–Crippen LogP) is 5.10. The minimum absolute atomic E-state index is 0.167. The number of aromatic nitrogens is 3. The van der Waals surface area contributed by atoms with E-state index in [-0.39, 0.29) is 18.0 Å². The summed E-state index contributed by atoms with van der Waals surface area (Å²) in [6.07, 6.45) is 7.08. The van der Waals surface area contributed by atoms with E-state index in [1.54, 1.807) is 6.20 Å². The summed E-state index contributed by atoms with van der Waals surface area (Å²) in [6.45, 7) is 5.87. The molecule has 4 rings (SSSR count). The highest BCUT2D eigenvalue weighted by atomic mass is 32.1. The van der Waals surface area contributed by atoms with E-state index in [2.05, 4.69) is 25.6 Å². The molecule has 1 fully saturated rings. The Hall–Kier alpha value is -2.61. The van der Waals surface area contributed by atoms with Gasteiger partial charge in [0.15, 0.2) is 5.69 Å². The largest absolute Gasteiger partial charge is 0.348 e. The van der Waals surface area contributed by atoms with E-state index in [0.29, 0.717) is 17.2 Å². The minimum atomic E-state index is -0.396. The second-order valence-electron chi connectivity index (χ2n) is 6.79. The van der Waals surface area contributed by atoms with Gasteiger partial charge in [0, 0.05) is 12.2 Å². The Morgan fingerprint density at radius 1 is 1.24 bits per heavy atom. The van der Waals surface area contributed by atoms with E-state index in [9.17, 15) is 9.18 Å². The Morgan fingerprint density at radius 3 is 2.72 bits per heavy atom. The number of nitrogens with one attached hydrogen (secondary N) is 2. The molecule has 0 bridgehead atoms. The number of pyridine rings is 1. The van der Waals surface area contributed by atoms with Crippen molar-refractivity contribution in [3.63, 3.8) is 0 Å². The average Bonchev–Trinajstić information content (AvgIpc) is 3.40. The molecule has 1 aliphatic rings. The first-order valence-electron chi connectivity index (χ1n) is 10.0. The number of thiophene rings is 1. The van der Waals surface area contributed by atoms with Crippen LogP contribution in [0.2, 0.25) is 0 Å². The van der Waals surface area contributed by atoms with Gasteiger partial charge in [-0.2, -0.15) is 0 Å². The second-order valence-corrected chi connectivity index (χ2v) is 7.70. The molecule has 0 spiro atoms. The Kier molecular flexibility index (Phi) is 7.09. The third kappa shape index (κ3) is 5.06. The van der Waals surface area contributed by atoms with Crippen LogP contribution in [-0.2, 0) is 0 Å². The van der Waals surface area contributed by atoms with Gasteiger partial charge < -0.3 is 10.6 Å². The highest BCUT2D eigenvalue weighted by Gasteiger charge is 2.22. The Labute approximate surface area is 174 Å². The monoisotopic (exact) mass is 415 g/mol. The summed E-state index contributed by atoms with van der Waals surface area (Å²) in [6, 6.07) is 3.25. The maximum Gasteiger partial charge on any atom is 0.271 e. The molecule has 3 aromatic rings. The molecule has 2 N–H and O–H groups in total. The molecule has 29 heavy (non-hydrogen) atoms. The summed E-state index contributed by atoms with van der Waals surface area (Å²) in [7, 11) is 0. The Morgan fingerprint density at radius 2 is 2.00 bits per heavy atom. The number of rotatable bonds is 5. The number of hydrogen-bond donors (Lipinski definition) is 2. The van der Waals surface area contributed by atoms with Crippen LogP contribution < -0.4 is 10.6 Å². The fourth-order valence-corrected chi connectivity index (χ4v) is 4.17. The highest BCUT2D eigenvalue weighted by molar-refractivity contribution is 7.17. The topological polar surface area (TPSA) is 79.8 Å². The molecular weight excluding hydrogens is 389 g/mol. The van der Waals surface area contributed by atoms with E-state index in [1.807, 2.05) is 32.2 Å². The van der Waals surface area contributed by atoms with Crippen molar-refractivity contribution in [1.29, 1.82) is 0 Å². The lowest BCUT2D eigenvalue weighted by Crippen LogP contribution is -2.33. The molecule has 3 aromatic heterocycles. The molecule has 1 atom stereocenters. The summed E-state index contributed by atoms with van der Waals surface area (Å²) in [5, 5.41) is 8.14. The van der Waals surface area contributed by atoms with Crippen molar-refractivity contribution >= 4 is 33.4 Å². The normalized spacial score (nSPS) is 14.9. The number of carbonyl (C=O) groups is 1. The number of halogens is 1. The lowest BCUT2D eigenvalue weighted by atomic mass is 10.1. The predicted molar refractivity (Wildman–Crippen MR) is 115 cm³/mol. The molecule has 1 unspecified atom stereocenters. The van der Waals surface area contributed by atoms with Gasteiger partial charge in [-0.1, -0.05) is 26.7 Å². The van der Waals surface area contributed by atoms with Crippen LogP contribution in [0, 0.1) is 5.82 Å². The molecule has 0 saturated heterocycles. The standard InChI is InChI=1S/C19H20FN5OS.C2H6/c1-11(12-8-13(20)10-21-9-12)22-19-24-15-6-7-27-17(15)16(25-19)18(26)23-14-4-2-3-5-14;1-2/h6-11,14H,2-5H2,1H3,(H,23,26)(H,22,24,25);1-2H3. The van der Waals surface area contributed by atoms with Crippen LogP contribution in [0.4, 0.5) is 10.3 Å². The van der Waals surface area contributed by atoms with Crippen LogP contribution in [0.1, 0.15) is 68.5 Å². The summed E-state index contributed by atoms with van der Waals surface area (Å²) >= 11 is 1.45. The van der Waals surface area contributed by atoms with Crippen LogP contribution in [0.5, 0.6) is 0 Å². The van der Waals surface area contributed by atoms with Crippen molar-refractivity contribution in [3.8, 4) is 0 Å². The van der Waals surface area contributed by atoms with Crippen molar-refractivity contribution in [2.24, 2.45) is 0 Å². The van der Waals surface area contributed by atoms with Gasteiger partial charge in [0.05, 0.1) is 22.5 Å². The molecule has 0 aromatic carbocycles. The van der Waals surface area contributed by atoms with E-state index in [4.69, 9.17) is 0 Å². The molecule has 0 radical (unpaired) electrons. The van der Waals surface area contributed by atoms with Gasteiger partial charge in [-0.25, -0.2) is 14.4 Å². The van der Waals surface area contributed by atoms with Crippen molar-refractivity contribution in [2.75, 3.05) is 5.32 Å². The molecular formula is C21H26FN5OS. The Bertz CT molecular complexity index is 971. The summed E-state index contributed by atoms with van der Waals surface area (Å²) in [5.74, 6) is -0.221. The quantitative estimate of drug-likeness (QED) is 0.606. The van der Waals surface area contributed by atoms with Crippen LogP contribution >= 0.6 is 11.3 Å². The molecule has 1 amide bonds. The molecule has 6 nitrogen and oxygen atoms in total. The number of hydrogen-bond acceptors (Lipinski definition) is 6. The molecule has 3 heterocycles. The van der Waals surface area contributed by atoms with E-state index in [0.717, 1.165) is 42.1 Å². The summed E-state index contributed by atoms with van der Waals surface area (Å²) < 4.78 is 14.2. The number of anilines is 1. The zero-order chi connectivity index (χ0) is 20.8. The van der Waals surface area contributed by atoms with Crippen molar-refractivity contribution in [1.82, 2.24) is 20.3 Å². The van der Waals surface area contributed by atoms with Gasteiger partial charge in [-0.05, 0) is 42.8 Å². The first-order chi connectivity index (χ1) is 14.1. The smallest absolute Gasteiger partial charge is 0.271 e. The molecule has 1 saturated carbocycles. The maximum absolute atomic E-state index is 13.4. The zero-order valence-electron chi connectivity index (χ0n) is 16.9. The van der Waals surface area contributed by atoms with Crippen LogP contribution in [0.15, 0.2) is 29.9 Å². The summed E-state index contributed by atoms with van der Waals surface area (Å²) in [4.78, 5) is 25.6. The number of fused-ring (bicyclic) bond motifs is 1. The fraction of sp³-hybridized carbons (Fsp3) is 0.429. The van der Waals surface area contributed by atoms with Gasteiger partial charge in [0.1, 0.15) is 5.82 Å². The Balaban J connectivity index is 0.00000117. The lowest BCUT2D eigenvalue weighted by Gasteiger charge is -2.16. The van der Waals surface area contributed by atoms with Crippen LogP contribution in [0.3, 0.4) is 0 Å². The van der Waals surface area contributed by atoms with Gasteiger partial charge in [-0.15, -0.1) is 11.3 Å². The minimum Gasteiger partial charge on any atom is -0.348 e. The van der Waals surface area contributed by atoms with Gasteiger partial charge in [0.25, 0.3) is 5.91 Å². The molecule has 8 heteroatoms. The fourth-order valence-electron chi connectivity index (χ4n) is 3.35. The van der Waals surface area contributed by atoms with E-state index >= 15 is 0 Å². The first kappa shape index (κ1) is 21.1. The first-order valence-corrected chi connectivity index (χ1v) is 10.9. The van der Waals surface area contributed by atoms with E-state index in [1.165, 1.54) is 17.4 Å². The van der Waals surface area contributed by atoms with Gasteiger partial charge in [-0.3, -0.25) is 9.78 Å². The number of nitrogens with zero attached hydrogens (tertiary/aromatic N) is 3. The molecule has 154 valence electrons. The van der Waals surface area contributed by atoms with Crippen molar-refractivity contribution in [2.45, 2.75) is 58.5 Å². The number of carbonyl (C=O) groups excluding carboxylic acids is 1. The summed E-state index contributed by atoms with van der Waals surface area (Å²) in [5.41, 5.74) is 1.79. The SMILES string of the molecule is CC.CC(Nc1nc(C(=O)NC2CCCC2)c2sccc2n1)c1cncc(F)c1. The average molecular weight is 416 g/mol. The highest BCUT2D eigenvalue weighted by Crippen LogP contribution is 2.26. The second kappa shape index (κ2) is 9.73. The molecule has 1 aliphatic carbocycles. The molecule has 0 aliphatic heterocycles. The lowest BCUT2D eigenvalue weighted by molar-refractivity contribution is 0.0935. The van der Waals surface area contributed by atoms with Crippen LogP contribution in [0.25, 0.3) is 10.2 Å².